The van der Waals surface area contributed by atoms with E-state index in [1.165, 1.54) is 11.2 Å². The van der Waals surface area contributed by atoms with Gasteiger partial charge in [0, 0.05) is 31.3 Å². The first-order valence-electron chi connectivity index (χ1n) is 12.6. The van der Waals surface area contributed by atoms with Gasteiger partial charge in [-0.2, -0.15) is 0 Å². The second-order valence-electron chi connectivity index (χ2n) is 9.54. The SMILES string of the molecule is CCC(C)C(NC(=O)C(N)Cc1cnc[nH]1)C(=O)N1CCCC1C(=O)NC(Cc1ccccc1)C(=O)O. The van der Waals surface area contributed by atoms with E-state index in [0.29, 0.717) is 31.5 Å². The summed E-state index contributed by atoms with van der Waals surface area (Å²) in [6, 6.07) is 5.34. The van der Waals surface area contributed by atoms with Crippen LogP contribution < -0.4 is 16.4 Å². The van der Waals surface area contributed by atoms with E-state index >= 15 is 0 Å². The van der Waals surface area contributed by atoms with Crippen LogP contribution in [0.25, 0.3) is 0 Å². The van der Waals surface area contributed by atoms with E-state index in [1.807, 2.05) is 19.9 Å². The average molecular weight is 513 g/mol. The van der Waals surface area contributed by atoms with Crippen molar-refractivity contribution in [1.29, 1.82) is 0 Å². The van der Waals surface area contributed by atoms with Crippen LogP contribution in [0, 0.1) is 5.92 Å². The summed E-state index contributed by atoms with van der Waals surface area (Å²) in [4.78, 5) is 59.7. The molecule has 5 atom stereocenters. The Kier molecular flexibility index (Phi) is 9.78. The fraction of sp³-hybridized carbons (Fsp3) is 0.500. The number of amides is 3. The number of aromatic amines is 1. The number of likely N-dealkylation sites (tertiary alicyclic amines) is 1. The van der Waals surface area contributed by atoms with E-state index < -0.39 is 42.0 Å². The van der Waals surface area contributed by atoms with Gasteiger partial charge >= 0.3 is 5.97 Å². The fourth-order valence-electron chi connectivity index (χ4n) is 4.47. The number of hydrogen-bond acceptors (Lipinski definition) is 6. The Morgan fingerprint density at radius 3 is 2.54 bits per heavy atom. The summed E-state index contributed by atoms with van der Waals surface area (Å²) in [5.41, 5.74) is 7.55. The molecule has 1 aliphatic rings. The van der Waals surface area contributed by atoms with Gasteiger partial charge in [-0.05, 0) is 24.3 Å². The number of nitrogens with two attached hydrogens (primary N) is 1. The van der Waals surface area contributed by atoms with Crippen LogP contribution in [0.3, 0.4) is 0 Å². The predicted octanol–water partition coefficient (Wildman–Crippen LogP) is 0.614. The van der Waals surface area contributed by atoms with Gasteiger partial charge in [-0.25, -0.2) is 9.78 Å². The number of carbonyl (C=O) groups is 4. The third kappa shape index (κ3) is 7.39. The number of carbonyl (C=O) groups excluding carboxylic acids is 3. The predicted molar refractivity (Wildman–Crippen MR) is 136 cm³/mol. The molecule has 1 aliphatic heterocycles. The van der Waals surface area contributed by atoms with Crippen molar-refractivity contribution in [3.05, 3.63) is 54.1 Å². The molecule has 0 aliphatic carbocycles. The Labute approximate surface area is 216 Å². The Bertz CT molecular complexity index is 1060. The van der Waals surface area contributed by atoms with Crippen molar-refractivity contribution in [3.63, 3.8) is 0 Å². The lowest BCUT2D eigenvalue weighted by Gasteiger charge is -2.32. The zero-order chi connectivity index (χ0) is 26.9. The number of rotatable bonds is 12. The van der Waals surface area contributed by atoms with Gasteiger partial charge in [-0.1, -0.05) is 50.6 Å². The van der Waals surface area contributed by atoms with Gasteiger partial charge < -0.3 is 31.4 Å². The van der Waals surface area contributed by atoms with E-state index in [-0.39, 0.29) is 24.7 Å². The fourth-order valence-corrected chi connectivity index (χ4v) is 4.47. The molecule has 1 aromatic heterocycles. The molecule has 2 heterocycles. The number of benzene rings is 1. The highest BCUT2D eigenvalue weighted by molar-refractivity contribution is 5.94. The lowest BCUT2D eigenvalue weighted by Crippen LogP contribution is -2.58. The number of aliphatic carboxylic acids is 1. The molecular weight excluding hydrogens is 476 g/mol. The van der Waals surface area contributed by atoms with Crippen LogP contribution in [-0.4, -0.2) is 74.4 Å². The molecule has 0 bridgehead atoms. The largest absolute Gasteiger partial charge is 0.480 e. The molecule has 1 aromatic carbocycles. The molecule has 0 radical (unpaired) electrons. The molecule has 1 fully saturated rings. The second-order valence-corrected chi connectivity index (χ2v) is 9.54. The maximum absolute atomic E-state index is 13.6. The highest BCUT2D eigenvalue weighted by Crippen LogP contribution is 2.22. The lowest BCUT2D eigenvalue weighted by molar-refractivity contribution is -0.145. The zero-order valence-electron chi connectivity index (χ0n) is 21.2. The quantitative estimate of drug-likeness (QED) is 0.277. The molecule has 1 saturated heterocycles. The van der Waals surface area contributed by atoms with Crippen LogP contribution in [0.1, 0.15) is 44.4 Å². The van der Waals surface area contributed by atoms with Crippen molar-refractivity contribution in [2.45, 2.75) is 70.1 Å². The molecule has 3 amide bonds. The molecule has 11 nitrogen and oxygen atoms in total. The van der Waals surface area contributed by atoms with Crippen molar-refractivity contribution in [3.8, 4) is 0 Å². The number of imidazole rings is 1. The van der Waals surface area contributed by atoms with Gasteiger partial charge in [0.15, 0.2) is 0 Å². The van der Waals surface area contributed by atoms with Gasteiger partial charge in [-0.15, -0.1) is 0 Å². The third-order valence-corrected chi connectivity index (χ3v) is 6.84. The summed E-state index contributed by atoms with van der Waals surface area (Å²) < 4.78 is 0. The van der Waals surface area contributed by atoms with Crippen molar-refractivity contribution in [1.82, 2.24) is 25.5 Å². The van der Waals surface area contributed by atoms with Gasteiger partial charge in [0.1, 0.15) is 18.1 Å². The minimum absolute atomic E-state index is 0.127. The number of carboxylic acids is 1. The highest BCUT2D eigenvalue weighted by atomic mass is 16.4. The Morgan fingerprint density at radius 2 is 1.92 bits per heavy atom. The summed E-state index contributed by atoms with van der Waals surface area (Å²) in [6.07, 6.45) is 5.08. The summed E-state index contributed by atoms with van der Waals surface area (Å²) >= 11 is 0. The second kappa shape index (κ2) is 13.0. The van der Waals surface area contributed by atoms with Crippen LogP contribution in [0.5, 0.6) is 0 Å². The van der Waals surface area contributed by atoms with E-state index in [2.05, 4.69) is 20.6 Å². The topological polar surface area (TPSA) is 171 Å². The van der Waals surface area contributed by atoms with E-state index in [4.69, 9.17) is 5.73 Å². The Morgan fingerprint density at radius 1 is 1.19 bits per heavy atom. The van der Waals surface area contributed by atoms with E-state index in [1.54, 1.807) is 30.5 Å². The van der Waals surface area contributed by atoms with E-state index in [0.717, 1.165) is 5.56 Å². The zero-order valence-corrected chi connectivity index (χ0v) is 21.2. The van der Waals surface area contributed by atoms with E-state index in [9.17, 15) is 24.3 Å². The highest BCUT2D eigenvalue weighted by Gasteiger charge is 2.40. The summed E-state index contributed by atoms with van der Waals surface area (Å²) in [7, 11) is 0. The van der Waals surface area contributed by atoms with Crippen LogP contribution in [-0.2, 0) is 32.0 Å². The summed E-state index contributed by atoms with van der Waals surface area (Å²) in [5.74, 6) is -2.71. The Hall–Kier alpha value is -3.73. The lowest BCUT2D eigenvalue weighted by atomic mass is 9.96. The Balaban J connectivity index is 1.68. The first-order valence-corrected chi connectivity index (χ1v) is 12.6. The molecule has 6 N–H and O–H groups in total. The van der Waals surface area contributed by atoms with Gasteiger partial charge in [-0.3, -0.25) is 14.4 Å². The molecule has 0 saturated carbocycles. The standard InChI is InChI=1S/C26H36N6O5/c1-3-16(2)22(31-23(33)19(27)13-18-14-28-15-29-18)25(35)32-11-7-10-21(32)24(34)30-20(26(36)37)12-17-8-5-4-6-9-17/h4-6,8-9,14-16,19-22H,3,7,10-13,27H2,1-2H3,(H,28,29)(H,30,34)(H,31,33)(H,36,37). The minimum Gasteiger partial charge on any atom is -0.480 e. The van der Waals surface area contributed by atoms with Crippen molar-refractivity contribution < 1.29 is 24.3 Å². The maximum atomic E-state index is 13.6. The molecule has 200 valence electrons. The number of H-pyrrole nitrogens is 1. The average Bonchev–Trinajstić information content (AvgIpc) is 3.59. The number of nitrogens with zero attached hydrogens (tertiary/aromatic N) is 2. The van der Waals surface area contributed by atoms with Gasteiger partial charge in [0.2, 0.25) is 17.7 Å². The third-order valence-electron chi connectivity index (χ3n) is 6.84. The molecular formula is C26H36N6O5. The monoisotopic (exact) mass is 512 g/mol. The smallest absolute Gasteiger partial charge is 0.326 e. The van der Waals surface area contributed by atoms with Crippen LogP contribution in [0.2, 0.25) is 0 Å². The summed E-state index contributed by atoms with van der Waals surface area (Å²) in [5, 5.41) is 15.1. The van der Waals surface area contributed by atoms with Crippen LogP contribution in [0.15, 0.2) is 42.9 Å². The number of aromatic nitrogens is 2. The van der Waals surface area contributed by atoms with Crippen molar-refractivity contribution >= 4 is 23.7 Å². The first-order chi connectivity index (χ1) is 17.7. The van der Waals surface area contributed by atoms with Crippen molar-refractivity contribution in [2.24, 2.45) is 11.7 Å². The number of hydrogen-bond donors (Lipinski definition) is 5. The molecule has 5 unspecified atom stereocenters. The molecule has 2 aromatic rings. The normalized spacial score (nSPS) is 18.5. The molecule has 37 heavy (non-hydrogen) atoms. The number of nitrogens with one attached hydrogen (secondary N) is 3. The van der Waals surface area contributed by atoms with Crippen LogP contribution in [0.4, 0.5) is 0 Å². The van der Waals surface area contributed by atoms with Gasteiger partial charge in [0.05, 0.1) is 12.4 Å². The maximum Gasteiger partial charge on any atom is 0.326 e. The number of carboxylic acid groups (broad SMARTS) is 1. The molecule has 11 heteroatoms. The van der Waals surface area contributed by atoms with Crippen LogP contribution >= 0.6 is 0 Å². The molecule has 3 rings (SSSR count). The first kappa shape index (κ1) is 27.9. The van der Waals surface area contributed by atoms with Gasteiger partial charge in [0.25, 0.3) is 0 Å². The minimum atomic E-state index is -1.15. The van der Waals surface area contributed by atoms with Crippen molar-refractivity contribution in [2.75, 3.05) is 6.54 Å². The summed E-state index contributed by atoms with van der Waals surface area (Å²) in [6.45, 7) is 4.11. The molecule has 0 spiro atoms.